The predicted molar refractivity (Wildman–Crippen MR) is 52.1 cm³/mol. The molecule has 7 heteroatoms. The molecule has 5 nitrogen and oxygen atoms in total. The lowest BCUT2D eigenvalue weighted by molar-refractivity contribution is 0.149. The van der Waals surface area contributed by atoms with Crippen molar-refractivity contribution in [2.45, 2.75) is 19.5 Å². The fourth-order valence-corrected chi connectivity index (χ4v) is 0.859. The van der Waals surface area contributed by atoms with Gasteiger partial charge in [-0.05, 0) is 13.0 Å². The van der Waals surface area contributed by atoms with Crippen molar-refractivity contribution in [3.63, 3.8) is 0 Å². The van der Waals surface area contributed by atoms with Gasteiger partial charge in [-0.3, -0.25) is 5.32 Å². The Labute approximate surface area is 90.9 Å². The van der Waals surface area contributed by atoms with E-state index in [1.165, 1.54) is 13.0 Å². The van der Waals surface area contributed by atoms with E-state index < -0.39 is 18.3 Å². The van der Waals surface area contributed by atoms with Gasteiger partial charge in [0.05, 0.1) is 6.61 Å². The number of carbonyl (C=O) groups excluding carboxylic acids is 1. The van der Waals surface area contributed by atoms with Crippen molar-refractivity contribution in [3.8, 4) is 0 Å². The van der Waals surface area contributed by atoms with Gasteiger partial charge in [-0.15, -0.1) is 0 Å². The van der Waals surface area contributed by atoms with E-state index in [1.54, 1.807) is 0 Å². The Morgan fingerprint density at radius 1 is 1.69 bits per heavy atom. The molecule has 1 heterocycles. The fourth-order valence-electron chi connectivity index (χ4n) is 0.859. The second-order valence-electron chi connectivity index (χ2n) is 3.04. The van der Waals surface area contributed by atoms with E-state index in [0.29, 0.717) is 0 Å². The highest BCUT2D eigenvalue weighted by Crippen LogP contribution is 2.02. The monoisotopic (exact) mass is 231 g/mol. The highest BCUT2D eigenvalue weighted by Gasteiger charge is 2.06. The highest BCUT2D eigenvalue weighted by molar-refractivity contribution is 5.83. The van der Waals surface area contributed by atoms with E-state index in [4.69, 9.17) is 0 Å². The first-order chi connectivity index (χ1) is 7.58. The molecule has 1 aromatic heterocycles. The standard InChI is InChI=1S/C9H11F2N3O2/c1-6(10)3-5-16-9(15)14-7-2-4-12-8(11)13-7/h2,4,6H,3,5H2,1H3,(H,12,13,14,15)/t6-/m0/s1. The van der Waals surface area contributed by atoms with Gasteiger partial charge in [-0.2, -0.15) is 9.37 Å². The number of anilines is 1. The number of rotatable bonds is 4. The van der Waals surface area contributed by atoms with Crippen LogP contribution in [0.4, 0.5) is 19.4 Å². The highest BCUT2D eigenvalue weighted by atomic mass is 19.1. The Hall–Kier alpha value is -1.79. The number of aromatic nitrogens is 2. The van der Waals surface area contributed by atoms with Crippen molar-refractivity contribution in [3.05, 3.63) is 18.3 Å². The minimum absolute atomic E-state index is 0.00852. The van der Waals surface area contributed by atoms with Gasteiger partial charge in [0.1, 0.15) is 12.0 Å². The van der Waals surface area contributed by atoms with Crippen LogP contribution < -0.4 is 5.32 Å². The lowest BCUT2D eigenvalue weighted by atomic mass is 10.3. The van der Waals surface area contributed by atoms with Crippen LogP contribution in [-0.2, 0) is 4.74 Å². The average molecular weight is 231 g/mol. The number of carbonyl (C=O) groups is 1. The van der Waals surface area contributed by atoms with E-state index in [2.05, 4.69) is 20.0 Å². The molecule has 1 aromatic rings. The number of hydrogen-bond acceptors (Lipinski definition) is 4. The molecule has 88 valence electrons. The minimum Gasteiger partial charge on any atom is -0.449 e. The second-order valence-corrected chi connectivity index (χ2v) is 3.04. The maximum absolute atomic E-state index is 12.5. The Balaban J connectivity index is 2.34. The van der Waals surface area contributed by atoms with Crippen LogP contribution in [-0.4, -0.2) is 28.8 Å². The van der Waals surface area contributed by atoms with Crippen LogP contribution in [0.1, 0.15) is 13.3 Å². The van der Waals surface area contributed by atoms with Gasteiger partial charge in [0, 0.05) is 12.6 Å². The van der Waals surface area contributed by atoms with E-state index in [0.717, 1.165) is 6.20 Å². The number of nitrogens with one attached hydrogen (secondary N) is 1. The third-order valence-corrected chi connectivity index (χ3v) is 1.61. The molecule has 0 aliphatic heterocycles. The number of hydrogen-bond donors (Lipinski definition) is 1. The van der Waals surface area contributed by atoms with Crippen LogP contribution >= 0.6 is 0 Å². The minimum atomic E-state index is -1.04. The molecule has 0 fully saturated rings. The molecule has 0 bridgehead atoms. The van der Waals surface area contributed by atoms with Gasteiger partial charge in [0.15, 0.2) is 0 Å². The van der Waals surface area contributed by atoms with Crippen LogP contribution in [0.5, 0.6) is 0 Å². The first-order valence-corrected chi connectivity index (χ1v) is 4.64. The first-order valence-electron chi connectivity index (χ1n) is 4.64. The molecule has 0 unspecified atom stereocenters. The predicted octanol–water partition coefficient (Wildman–Crippen LogP) is 1.91. The summed E-state index contributed by atoms with van der Waals surface area (Å²) < 4.78 is 29.5. The lowest BCUT2D eigenvalue weighted by Gasteiger charge is -2.06. The number of nitrogens with zero attached hydrogens (tertiary/aromatic N) is 2. The molecule has 0 aliphatic rings. The zero-order valence-corrected chi connectivity index (χ0v) is 8.61. The molecule has 0 saturated carbocycles. The summed E-state index contributed by atoms with van der Waals surface area (Å²) in [5, 5.41) is 2.18. The van der Waals surface area contributed by atoms with Crippen molar-refractivity contribution in [2.75, 3.05) is 11.9 Å². The van der Waals surface area contributed by atoms with Gasteiger partial charge >= 0.3 is 12.2 Å². The zero-order chi connectivity index (χ0) is 12.0. The van der Waals surface area contributed by atoms with Crippen molar-refractivity contribution in [2.24, 2.45) is 0 Å². The van der Waals surface area contributed by atoms with Gasteiger partial charge in [-0.25, -0.2) is 14.2 Å². The molecule has 0 saturated heterocycles. The molecular weight excluding hydrogens is 220 g/mol. The first kappa shape index (κ1) is 12.3. The number of halogens is 2. The van der Waals surface area contributed by atoms with E-state index >= 15 is 0 Å². The molecular formula is C9H11F2N3O2. The molecule has 1 N–H and O–H groups in total. The largest absolute Gasteiger partial charge is 0.449 e. The summed E-state index contributed by atoms with van der Waals surface area (Å²) in [6, 6.07) is 1.31. The van der Waals surface area contributed by atoms with Crippen molar-refractivity contribution in [1.29, 1.82) is 0 Å². The molecule has 1 rings (SSSR count). The van der Waals surface area contributed by atoms with Crippen molar-refractivity contribution in [1.82, 2.24) is 9.97 Å². The Kier molecular flexibility index (Phi) is 4.56. The zero-order valence-electron chi connectivity index (χ0n) is 8.61. The number of alkyl halides is 1. The van der Waals surface area contributed by atoms with Crippen molar-refractivity contribution >= 4 is 11.9 Å². The molecule has 1 amide bonds. The van der Waals surface area contributed by atoms with Crippen LogP contribution in [0, 0.1) is 6.08 Å². The summed E-state index contributed by atoms with van der Waals surface area (Å²) in [6.07, 6.45) is -1.52. The van der Waals surface area contributed by atoms with E-state index in [-0.39, 0.29) is 18.8 Å². The Morgan fingerprint density at radius 2 is 2.44 bits per heavy atom. The molecule has 0 spiro atoms. The van der Waals surface area contributed by atoms with Crippen molar-refractivity contribution < 1.29 is 18.3 Å². The van der Waals surface area contributed by atoms with E-state index in [1.807, 2.05) is 0 Å². The number of amides is 1. The van der Waals surface area contributed by atoms with Gasteiger partial charge in [0.2, 0.25) is 0 Å². The molecule has 1 atom stereocenters. The summed E-state index contributed by atoms with van der Waals surface area (Å²) in [5.74, 6) is -0.00852. The fraction of sp³-hybridized carbons (Fsp3) is 0.444. The van der Waals surface area contributed by atoms with Crippen LogP contribution in [0.3, 0.4) is 0 Å². The third-order valence-electron chi connectivity index (χ3n) is 1.61. The molecule has 0 radical (unpaired) electrons. The smallest absolute Gasteiger partial charge is 0.412 e. The molecule has 16 heavy (non-hydrogen) atoms. The summed E-state index contributed by atoms with van der Waals surface area (Å²) >= 11 is 0. The summed E-state index contributed by atoms with van der Waals surface area (Å²) in [7, 11) is 0. The van der Waals surface area contributed by atoms with Crippen LogP contribution in [0.15, 0.2) is 12.3 Å². The van der Waals surface area contributed by atoms with Gasteiger partial charge in [-0.1, -0.05) is 0 Å². The maximum Gasteiger partial charge on any atom is 0.412 e. The van der Waals surface area contributed by atoms with Gasteiger partial charge in [0.25, 0.3) is 0 Å². The maximum atomic E-state index is 12.5. The molecule has 0 aromatic carbocycles. The SMILES string of the molecule is C[C@H](F)CCOC(=O)Nc1ccnc(F)n1. The van der Waals surface area contributed by atoms with Crippen LogP contribution in [0.25, 0.3) is 0 Å². The second kappa shape index (κ2) is 5.94. The Bertz CT molecular complexity index is 360. The summed E-state index contributed by atoms with van der Waals surface area (Å²) in [5.41, 5.74) is 0. The average Bonchev–Trinajstić information content (AvgIpc) is 2.16. The summed E-state index contributed by atoms with van der Waals surface area (Å²) in [6.45, 7) is 1.32. The molecule has 0 aliphatic carbocycles. The lowest BCUT2D eigenvalue weighted by Crippen LogP contribution is -2.16. The Morgan fingerprint density at radius 3 is 3.06 bits per heavy atom. The third kappa shape index (κ3) is 4.63. The van der Waals surface area contributed by atoms with Gasteiger partial charge < -0.3 is 4.74 Å². The summed E-state index contributed by atoms with van der Waals surface area (Å²) in [4.78, 5) is 17.6. The van der Waals surface area contributed by atoms with Crippen LogP contribution in [0.2, 0.25) is 0 Å². The quantitative estimate of drug-likeness (QED) is 0.804. The number of ether oxygens (including phenoxy) is 1. The normalized spacial score (nSPS) is 11.9. The topological polar surface area (TPSA) is 64.1 Å². The van der Waals surface area contributed by atoms with E-state index in [9.17, 15) is 13.6 Å².